The molecule has 6 atom stereocenters. The average molecular weight is 1330 g/mol. The zero-order valence-corrected chi connectivity index (χ0v) is 60.2. The summed E-state index contributed by atoms with van der Waals surface area (Å²) in [6.45, 7) is 9.50. The summed E-state index contributed by atoms with van der Waals surface area (Å²) in [5.74, 6) is -0.551. The third kappa shape index (κ3) is 63.5. The fourth-order valence-corrected chi connectivity index (χ4v) is 12.3. The van der Waals surface area contributed by atoms with E-state index in [-0.39, 0.29) is 25.7 Å². The third-order valence-corrected chi connectivity index (χ3v) is 18.7. The van der Waals surface area contributed by atoms with Crippen LogP contribution in [-0.2, 0) is 65.4 Å². The van der Waals surface area contributed by atoms with Crippen molar-refractivity contribution in [3.05, 3.63) is 0 Å². The molecular weight excluding hydrogens is 1190 g/mol. The van der Waals surface area contributed by atoms with E-state index >= 15 is 0 Å². The Balaban J connectivity index is 5.16. The second-order valence-electron chi connectivity index (χ2n) is 26.3. The lowest BCUT2D eigenvalue weighted by atomic mass is 9.99. The first-order valence-electron chi connectivity index (χ1n) is 37.0. The van der Waals surface area contributed by atoms with Gasteiger partial charge >= 0.3 is 39.5 Å². The molecule has 17 nitrogen and oxygen atoms in total. The number of phosphoric acid groups is 2. The molecule has 0 radical (unpaired) electrons. The molecule has 0 aromatic rings. The minimum Gasteiger partial charge on any atom is -0.462 e. The predicted molar refractivity (Wildman–Crippen MR) is 363 cm³/mol. The molecule has 0 aromatic carbocycles. The van der Waals surface area contributed by atoms with Gasteiger partial charge in [-0.1, -0.05) is 311 Å². The molecule has 0 aliphatic rings. The van der Waals surface area contributed by atoms with Crippen LogP contribution in [0.1, 0.15) is 363 Å². The number of ether oxygens (including phenoxy) is 4. The number of esters is 4. The Hall–Kier alpha value is -1.94. The van der Waals surface area contributed by atoms with Gasteiger partial charge in [-0.15, -0.1) is 0 Å². The zero-order valence-electron chi connectivity index (χ0n) is 58.4. The van der Waals surface area contributed by atoms with Gasteiger partial charge in [-0.2, -0.15) is 0 Å². The van der Waals surface area contributed by atoms with E-state index in [1.54, 1.807) is 0 Å². The molecular formula is C71H138O17P2. The Morgan fingerprint density at radius 1 is 0.322 bits per heavy atom. The fraction of sp³-hybridized carbons (Fsp3) is 0.944. The van der Waals surface area contributed by atoms with Crippen molar-refractivity contribution >= 4 is 39.5 Å². The molecule has 3 N–H and O–H groups in total. The Morgan fingerprint density at radius 3 is 0.844 bits per heavy atom. The van der Waals surface area contributed by atoms with Crippen LogP contribution >= 0.6 is 15.6 Å². The van der Waals surface area contributed by atoms with Gasteiger partial charge in [0.25, 0.3) is 0 Å². The minimum atomic E-state index is -4.95. The van der Waals surface area contributed by atoms with Crippen LogP contribution in [0, 0.1) is 11.8 Å². The van der Waals surface area contributed by atoms with Gasteiger partial charge in [0, 0.05) is 25.7 Å². The van der Waals surface area contributed by atoms with Gasteiger partial charge in [0.1, 0.15) is 19.3 Å². The van der Waals surface area contributed by atoms with Crippen molar-refractivity contribution in [3.63, 3.8) is 0 Å². The van der Waals surface area contributed by atoms with E-state index < -0.39 is 97.5 Å². The lowest BCUT2D eigenvalue weighted by Crippen LogP contribution is -2.30. The molecule has 0 rings (SSSR count). The first-order valence-corrected chi connectivity index (χ1v) is 40.0. The van der Waals surface area contributed by atoms with Crippen LogP contribution in [0.2, 0.25) is 0 Å². The summed E-state index contributed by atoms with van der Waals surface area (Å²) in [6, 6.07) is 0. The number of carbonyl (C=O) groups is 4. The molecule has 3 unspecified atom stereocenters. The summed E-state index contributed by atoms with van der Waals surface area (Å²) in [6.07, 6.45) is 48.9. The lowest BCUT2D eigenvalue weighted by molar-refractivity contribution is -0.161. The summed E-state index contributed by atoms with van der Waals surface area (Å²) in [4.78, 5) is 72.3. The molecule has 0 spiro atoms. The molecule has 0 amide bonds. The topological polar surface area (TPSA) is 237 Å². The Bertz CT molecular complexity index is 1750. The molecule has 0 bridgehead atoms. The van der Waals surface area contributed by atoms with Crippen LogP contribution < -0.4 is 0 Å². The standard InChI is InChI=1S/C71H138O17P2/c1-7-10-12-14-15-16-17-18-19-23-26-31-36-42-48-54-69(74)82-60-67(88-70(75)55-49-43-37-32-27-24-21-20-22-25-30-35-41-46-52-64(6)9-3)62-86-90(79,80)84-58-65(72)57-83-89(77,78)85-61-66(59-81-68(73)53-47-39-13-11-8-2)87-71(76)56-50-44-38-33-28-29-34-40-45-51-63(4)5/h63-67,72H,7-62H2,1-6H3,(H,77,78)(H,79,80)/t64?,65-,66+,67+/m0/s1. The smallest absolute Gasteiger partial charge is 0.462 e. The predicted octanol–water partition coefficient (Wildman–Crippen LogP) is 20.4. The first kappa shape index (κ1) is 88.1. The summed E-state index contributed by atoms with van der Waals surface area (Å²) >= 11 is 0. The number of hydrogen-bond donors (Lipinski definition) is 3. The van der Waals surface area contributed by atoms with Crippen molar-refractivity contribution in [2.45, 2.75) is 381 Å². The number of aliphatic hydroxyl groups is 1. The summed E-state index contributed by atoms with van der Waals surface area (Å²) in [5.41, 5.74) is 0. The second-order valence-corrected chi connectivity index (χ2v) is 29.3. The number of hydrogen-bond acceptors (Lipinski definition) is 15. The largest absolute Gasteiger partial charge is 0.472 e. The van der Waals surface area contributed by atoms with Crippen LogP contribution in [0.25, 0.3) is 0 Å². The summed E-state index contributed by atoms with van der Waals surface area (Å²) < 4.78 is 68.1. The zero-order chi connectivity index (χ0) is 66.5. The van der Waals surface area contributed by atoms with Gasteiger partial charge in [0.05, 0.1) is 26.4 Å². The number of aliphatic hydroxyl groups excluding tert-OH is 1. The van der Waals surface area contributed by atoms with E-state index in [0.717, 1.165) is 108 Å². The van der Waals surface area contributed by atoms with Gasteiger partial charge in [-0.05, 0) is 37.5 Å². The van der Waals surface area contributed by atoms with E-state index in [0.29, 0.717) is 25.7 Å². The van der Waals surface area contributed by atoms with E-state index in [1.807, 2.05) is 0 Å². The van der Waals surface area contributed by atoms with Gasteiger partial charge in [-0.25, -0.2) is 9.13 Å². The summed E-state index contributed by atoms with van der Waals surface area (Å²) in [7, 11) is -9.89. The highest BCUT2D eigenvalue weighted by Crippen LogP contribution is 2.45. The van der Waals surface area contributed by atoms with E-state index in [1.165, 1.54) is 173 Å². The van der Waals surface area contributed by atoms with Crippen molar-refractivity contribution in [1.82, 2.24) is 0 Å². The van der Waals surface area contributed by atoms with Crippen molar-refractivity contribution in [2.75, 3.05) is 39.6 Å². The molecule has 0 aliphatic heterocycles. The quantitative estimate of drug-likeness (QED) is 0.0222. The van der Waals surface area contributed by atoms with Gasteiger partial charge in [0.2, 0.25) is 0 Å². The Kier molecular flexibility index (Phi) is 61.8. The minimum absolute atomic E-state index is 0.104. The highest BCUT2D eigenvalue weighted by atomic mass is 31.2. The second kappa shape index (κ2) is 63.1. The maximum Gasteiger partial charge on any atom is 0.472 e. The van der Waals surface area contributed by atoms with Crippen LogP contribution in [-0.4, -0.2) is 96.7 Å². The number of carbonyl (C=O) groups excluding carboxylic acids is 4. The Labute approximate surface area is 549 Å². The molecule has 0 aromatic heterocycles. The van der Waals surface area contributed by atoms with Gasteiger partial charge in [0.15, 0.2) is 12.2 Å². The summed E-state index contributed by atoms with van der Waals surface area (Å²) in [5, 5.41) is 10.6. The van der Waals surface area contributed by atoms with Crippen LogP contribution in [0.3, 0.4) is 0 Å². The van der Waals surface area contributed by atoms with Crippen molar-refractivity contribution < 1.29 is 80.2 Å². The Morgan fingerprint density at radius 2 is 0.567 bits per heavy atom. The van der Waals surface area contributed by atoms with Crippen LogP contribution in [0.15, 0.2) is 0 Å². The molecule has 19 heteroatoms. The van der Waals surface area contributed by atoms with Crippen LogP contribution in [0.4, 0.5) is 0 Å². The molecule has 0 heterocycles. The number of unbranched alkanes of at least 4 members (excludes halogenated alkanes) is 39. The van der Waals surface area contributed by atoms with Crippen molar-refractivity contribution in [2.24, 2.45) is 11.8 Å². The molecule has 0 fully saturated rings. The molecule has 90 heavy (non-hydrogen) atoms. The van der Waals surface area contributed by atoms with E-state index in [4.69, 9.17) is 37.0 Å². The fourth-order valence-electron chi connectivity index (χ4n) is 10.7. The van der Waals surface area contributed by atoms with Crippen LogP contribution in [0.5, 0.6) is 0 Å². The molecule has 0 aliphatic carbocycles. The SMILES string of the molecule is CCCCCCCCCCCCCCCCCC(=O)OC[C@H](COP(=O)(O)OC[C@@H](O)COP(=O)(O)OC[C@@H](COC(=O)CCCCCCC)OC(=O)CCCCCCCCCCCC(C)C)OC(=O)CCCCCCCCCCCCCCCCC(C)CC. The average Bonchev–Trinajstić information content (AvgIpc) is 3.72. The van der Waals surface area contributed by atoms with E-state index in [9.17, 15) is 43.2 Å². The number of phosphoric ester groups is 2. The van der Waals surface area contributed by atoms with E-state index in [2.05, 4.69) is 41.5 Å². The molecule has 534 valence electrons. The van der Waals surface area contributed by atoms with Gasteiger partial charge < -0.3 is 33.8 Å². The first-order chi connectivity index (χ1) is 43.4. The van der Waals surface area contributed by atoms with Crippen molar-refractivity contribution in [1.29, 1.82) is 0 Å². The monoisotopic (exact) mass is 1320 g/mol. The maximum absolute atomic E-state index is 13.0. The highest BCUT2D eigenvalue weighted by Gasteiger charge is 2.30. The molecule has 0 saturated carbocycles. The number of rotatable bonds is 70. The normalized spacial score (nSPS) is 14.4. The lowest BCUT2D eigenvalue weighted by Gasteiger charge is -2.21. The maximum atomic E-state index is 13.0. The molecule has 0 saturated heterocycles. The third-order valence-electron chi connectivity index (χ3n) is 16.8. The van der Waals surface area contributed by atoms with Crippen molar-refractivity contribution in [3.8, 4) is 0 Å². The highest BCUT2D eigenvalue weighted by molar-refractivity contribution is 7.47. The van der Waals surface area contributed by atoms with Gasteiger partial charge in [-0.3, -0.25) is 37.3 Å².